The highest BCUT2D eigenvalue weighted by molar-refractivity contribution is 6.31. The zero-order chi connectivity index (χ0) is 15.1. The van der Waals surface area contributed by atoms with Gasteiger partial charge in [0, 0.05) is 10.7 Å². The molecule has 0 radical (unpaired) electrons. The van der Waals surface area contributed by atoms with Gasteiger partial charge in [-0.3, -0.25) is 9.59 Å². The maximum absolute atomic E-state index is 11.7. The number of halogens is 1. The molecule has 0 fully saturated rings. The Morgan fingerprint density at radius 2 is 1.67 bits per heavy atom. The van der Waals surface area contributed by atoms with Gasteiger partial charge >= 0.3 is 5.97 Å². The number of esters is 1. The molecule has 0 unspecified atom stereocenters. The minimum Gasteiger partial charge on any atom is -0.455 e. The van der Waals surface area contributed by atoms with E-state index in [2.05, 4.69) is 5.32 Å². The second kappa shape index (κ2) is 7.45. The van der Waals surface area contributed by atoms with Gasteiger partial charge in [0.25, 0.3) is 5.91 Å². The average Bonchev–Trinajstić information content (AvgIpc) is 2.49. The summed E-state index contributed by atoms with van der Waals surface area (Å²) in [7, 11) is 0. The Kier molecular flexibility index (Phi) is 5.35. The van der Waals surface area contributed by atoms with Gasteiger partial charge in [0.1, 0.15) is 0 Å². The third-order valence-corrected chi connectivity index (χ3v) is 3.08. The van der Waals surface area contributed by atoms with Crippen molar-refractivity contribution < 1.29 is 14.3 Å². The molecule has 0 atom stereocenters. The second-order valence-corrected chi connectivity index (χ2v) is 4.75. The number of ether oxygens (including phenoxy) is 1. The monoisotopic (exact) mass is 303 g/mol. The number of hydrogen-bond acceptors (Lipinski definition) is 3. The molecule has 0 aliphatic carbocycles. The van der Waals surface area contributed by atoms with Crippen molar-refractivity contribution in [2.75, 3.05) is 11.9 Å². The molecule has 108 valence electrons. The first-order valence-electron chi connectivity index (χ1n) is 6.39. The molecule has 0 aromatic heterocycles. The van der Waals surface area contributed by atoms with Gasteiger partial charge in [-0.15, -0.1) is 0 Å². The van der Waals surface area contributed by atoms with Crippen molar-refractivity contribution in [2.24, 2.45) is 0 Å². The van der Waals surface area contributed by atoms with Gasteiger partial charge in [-0.05, 0) is 23.8 Å². The van der Waals surface area contributed by atoms with E-state index < -0.39 is 5.97 Å². The molecule has 0 bridgehead atoms. The maximum Gasteiger partial charge on any atom is 0.310 e. The highest BCUT2D eigenvalue weighted by Gasteiger charge is 2.10. The van der Waals surface area contributed by atoms with Crippen LogP contribution in [0.25, 0.3) is 0 Å². The van der Waals surface area contributed by atoms with Crippen LogP contribution in [-0.2, 0) is 20.7 Å². The van der Waals surface area contributed by atoms with Crippen molar-refractivity contribution in [3.63, 3.8) is 0 Å². The van der Waals surface area contributed by atoms with Crippen molar-refractivity contribution in [1.29, 1.82) is 0 Å². The molecular weight excluding hydrogens is 290 g/mol. The molecule has 0 saturated carbocycles. The zero-order valence-electron chi connectivity index (χ0n) is 11.2. The normalized spacial score (nSPS) is 9.95. The van der Waals surface area contributed by atoms with E-state index in [1.165, 1.54) is 0 Å². The first-order valence-corrected chi connectivity index (χ1v) is 6.77. The summed E-state index contributed by atoms with van der Waals surface area (Å²) in [5.74, 6) is -0.875. The number of benzene rings is 2. The number of nitrogens with one attached hydrogen (secondary N) is 1. The summed E-state index contributed by atoms with van der Waals surface area (Å²) in [6.07, 6.45) is 0.0400. The maximum atomic E-state index is 11.7. The summed E-state index contributed by atoms with van der Waals surface area (Å²) in [5, 5.41) is 3.13. The molecule has 0 spiro atoms. The molecule has 2 aromatic carbocycles. The van der Waals surface area contributed by atoms with Gasteiger partial charge in [0.15, 0.2) is 6.61 Å². The lowest BCUT2D eigenvalue weighted by Crippen LogP contribution is -2.21. The number of carbonyl (C=O) groups excluding carboxylic acids is 2. The van der Waals surface area contributed by atoms with Crippen LogP contribution in [0.3, 0.4) is 0 Å². The third-order valence-electron chi connectivity index (χ3n) is 2.71. The van der Waals surface area contributed by atoms with Crippen molar-refractivity contribution in [3.05, 3.63) is 65.2 Å². The largest absolute Gasteiger partial charge is 0.455 e. The van der Waals surface area contributed by atoms with Crippen LogP contribution in [0.4, 0.5) is 5.69 Å². The number of amides is 1. The zero-order valence-corrected chi connectivity index (χ0v) is 12.0. The number of carbonyl (C=O) groups is 2. The van der Waals surface area contributed by atoms with Gasteiger partial charge in [-0.2, -0.15) is 0 Å². The summed E-state index contributed by atoms with van der Waals surface area (Å²) < 4.78 is 4.93. The van der Waals surface area contributed by atoms with Gasteiger partial charge in [-0.25, -0.2) is 0 Å². The van der Waals surface area contributed by atoms with Gasteiger partial charge in [0.05, 0.1) is 6.42 Å². The highest BCUT2D eigenvalue weighted by Crippen LogP contribution is 2.15. The fourth-order valence-corrected chi connectivity index (χ4v) is 1.92. The molecule has 0 saturated heterocycles. The van der Waals surface area contributed by atoms with Crippen LogP contribution < -0.4 is 5.32 Å². The first-order chi connectivity index (χ1) is 10.1. The Bertz CT molecular complexity index is 628. The van der Waals surface area contributed by atoms with Crippen LogP contribution in [-0.4, -0.2) is 18.5 Å². The molecule has 21 heavy (non-hydrogen) atoms. The van der Waals surface area contributed by atoms with E-state index >= 15 is 0 Å². The smallest absolute Gasteiger partial charge is 0.310 e. The first kappa shape index (κ1) is 15.1. The quantitative estimate of drug-likeness (QED) is 0.864. The molecule has 1 amide bonds. The molecule has 4 nitrogen and oxygen atoms in total. The average molecular weight is 304 g/mol. The van der Waals surface area contributed by atoms with E-state index in [-0.39, 0.29) is 18.9 Å². The number of rotatable bonds is 5. The lowest BCUT2D eigenvalue weighted by atomic mass is 10.1. The number of hydrogen-bond donors (Lipinski definition) is 1. The Labute approximate surface area is 127 Å². The number of anilines is 1. The predicted octanol–water partition coefficient (Wildman–Crippen LogP) is 3.06. The summed E-state index contributed by atoms with van der Waals surface area (Å²) in [5.41, 5.74) is 1.33. The Morgan fingerprint density at radius 1 is 1.00 bits per heavy atom. The fraction of sp³-hybridized carbons (Fsp3) is 0.125. The topological polar surface area (TPSA) is 55.4 Å². The van der Waals surface area contributed by atoms with Gasteiger partial charge < -0.3 is 10.1 Å². The lowest BCUT2D eigenvalue weighted by molar-refractivity contribution is -0.146. The summed E-state index contributed by atoms with van der Waals surface area (Å²) in [6.45, 7) is -0.321. The van der Waals surface area contributed by atoms with E-state index in [0.717, 1.165) is 0 Å². The molecule has 0 aliphatic heterocycles. The predicted molar refractivity (Wildman–Crippen MR) is 81.2 cm³/mol. The van der Waals surface area contributed by atoms with E-state index in [1.54, 1.807) is 48.5 Å². The number of para-hydroxylation sites is 1. The summed E-state index contributed by atoms with van der Waals surface area (Å²) >= 11 is 5.95. The molecule has 0 aliphatic rings. The van der Waals surface area contributed by atoms with Gasteiger partial charge in [-0.1, -0.05) is 48.0 Å². The van der Waals surface area contributed by atoms with Crippen molar-refractivity contribution in [2.45, 2.75) is 6.42 Å². The lowest BCUT2D eigenvalue weighted by Gasteiger charge is -2.07. The van der Waals surface area contributed by atoms with Crippen molar-refractivity contribution >= 4 is 29.2 Å². The van der Waals surface area contributed by atoms with E-state index in [9.17, 15) is 9.59 Å². The van der Waals surface area contributed by atoms with E-state index in [0.29, 0.717) is 16.3 Å². The minimum atomic E-state index is -0.494. The minimum absolute atomic E-state index is 0.0400. The van der Waals surface area contributed by atoms with Crippen LogP contribution in [0.1, 0.15) is 5.56 Å². The highest BCUT2D eigenvalue weighted by atomic mass is 35.5. The summed E-state index contributed by atoms with van der Waals surface area (Å²) in [4.78, 5) is 23.3. The SMILES string of the molecule is O=C(COC(=O)Cc1ccccc1Cl)Nc1ccccc1. The standard InChI is InChI=1S/C16H14ClNO3/c17-14-9-5-4-6-12(14)10-16(20)21-11-15(19)18-13-7-2-1-3-8-13/h1-9H,10-11H2,(H,18,19). The van der Waals surface area contributed by atoms with Crippen molar-refractivity contribution in [1.82, 2.24) is 0 Å². The van der Waals surface area contributed by atoms with Crippen LogP contribution in [0.15, 0.2) is 54.6 Å². The Hall–Kier alpha value is -2.33. The van der Waals surface area contributed by atoms with Crippen molar-refractivity contribution in [3.8, 4) is 0 Å². The Morgan fingerprint density at radius 3 is 2.38 bits per heavy atom. The third kappa shape index (κ3) is 4.93. The molecular formula is C16H14ClNO3. The van der Waals surface area contributed by atoms with Crippen LogP contribution in [0, 0.1) is 0 Å². The Balaban J connectivity index is 1.79. The van der Waals surface area contributed by atoms with Crippen LogP contribution in [0.5, 0.6) is 0 Å². The molecule has 5 heteroatoms. The summed E-state index contributed by atoms with van der Waals surface area (Å²) in [6, 6.07) is 16.0. The van der Waals surface area contributed by atoms with E-state index in [1.807, 2.05) is 6.07 Å². The van der Waals surface area contributed by atoms with Crippen LogP contribution >= 0.6 is 11.6 Å². The molecule has 0 heterocycles. The second-order valence-electron chi connectivity index (χ2n) is 4.34. The molecule has 2 aromatic rings. The molecule has 2 rings (SSSR count). The van der Waals surface area contributed by atoms with Gasteiger partial charge in [0.2, 0.25) is 0 Å². The fourth-order valence-electron chi connectivity index (χ4n) is 1.71. The van der Waals surface area contributed by atoms with Crippen LogP contribution in [0.2, 0.25) is 5.02 Å². The van der Waals surface area contributed by atoms with E-state index in [4.69, 9.17) is 16.3 Å². The molecule has 1 N–H and O–H groups in total.